The van der Waals surface area contributed by atoms with E-state index >= 15 is 0 Å². The van der Waals surface area contributed by atoms with E-state index in [0.29, 0.717) is 11.4 Å². The predicted octanol–water partition coefficient (Wildman–Crippen LogP) is 0.111. The van der Waals surface area contributed by atoms with Crippen LogP contribution in [0.5, 0.6) is 5.88 Å². The molecular weight excluding hydrogens is 234 g/mol. The van der Waals surface area contributed by atoms with E-state index in [-0.39, 0.29) is 6.04 Å². The lowest BCUT2D eigenvalue weighted by Gasteiger charge is -2.24. The van der Waals surface area contributed by atoms with Crippen molar-refractivity contribution in [3.05, 3.63) is 23.4 Å². The number of hydrogen-bond acceptors (Lipinski definition) is 6. The molecule has 2 heterocycles. The van der Waals surface area contributed by atoms with Crippen molar-refractivity contribution >= 4 is 5.97 Å². The molecule has 18 heavy (non-hydrogen) atoms. The number of carbonyl (C=O) groups is 1. The van der Waals surface area contributed by atoms with Crippen LogP contribution < -0.4 is 15.4 Å². The number of methoxy groups -OCH3 is 2. The van der Waals surface area contributed by atoms with Crippen LogP contribution in [0.4, 0.5) is 0 Å². The van der Waals surface area contributed by atoms with Crippen LogP contribution >= 0.6 is 0 Å². The summed E-state index contributed by atoms with van der Waals surface area (Å²) in [5.41, 5.74) is 1.19. The fourth-order valence-corrected chi connectivity index (χ4v) is 1.93. The summed E-state index contributed by atoms with van der Waals surface area (Å²) in [6.45, 7) is 2.66. The first kappa shape index (κ1) is 12.8. The van der Waals surface area contributed by atoms with E-state index in [9.17, 15) is 4.79 Å². The lowest BCUT2D eigenvalue weighted by Crippen LogP contribution is -2.43. The van der Waals surface area contributed by atoms with Gasteiger partial charge in [-0.1, -0.05) is 0 Å². The van der Waals surface area contributed by atoms with Gasteiger partial charge in [0.1, 0.15) is 5.56 Å². The van der Waals surface area contributed by atoms with Crippen LogP contribution in [-0.2, 0) is 4.74 Å². The molecule has 0 bridgehead atoms. The molecule has 6 nitrogen and oxygen atoms in total. The molecule has 1 aromatic heterocycles. The second kappa shape index (κ2) is 5.79. The summed E-state index contributed by atoms with van der Waals surface area (Å²) in [4.78, 5) is 15.9. The smallest absolute Gasteiger partial charge is 0.343 e. The molecule has 0 aliphatic carbocycles. The van der Waals surface area contributed by atoms with Gasteiger partial charge in [-0.2, -0.15) is 0 Å². The minimum Gasteiger partial charge on any atom is -0.480 e. The highest BCUT2D eigenvalue weighted by atomic mass is 16.5. The number of aromatic nitrogens is 1. The molecule has 0 spiro atoms. The summed E-state index contributed by atoms with van der Waals surface area (Å²) < 4.78 is 9.82. The quantitative estimate of drug-likeness (QED) is 0.743. The van der Waals surface area contributed by atoms with Gasteiger partial charge >= 0.3 is 5.97 Å². The Bertz CT molecular complexity index is 431. The van der Waals surface area contributed by atoms with Gasteiger partial charge in [-0.05, 0) is 12.1 Å². The van der Waals surface area contributed by atoms with Crippen molar-refractivity contribution in [3.8, 4) is 5.88 Å². The molecule has 98 valence electrons. The van der Waals surface area contributed by atoms with E-state index in [4.69, 9.17) is 4.74 Å². The van der Waals surface area contributed by atoms with Gasteiger partial charge < -0.3 is 20.1 Å². The highest BCUT2D eigenvalue weighted by molar-refractivity contribution is 5.91. The number of ether oxygens (including phenoxy) is 2. The molecule has 1 aliphatic heterocycles. The standard InChI is InChI=1S/C12H17N3O3/c1-17-11-8(12(16)18-2)3-4-9(15-11)10-7-13-5-6-14-10/h3-4,10,13-14H,5-7H2,1-2H3. The second-order valence-electron chi connectivity index (χ2n) is 4.00. The Kier molecular flexibility index (Phi) is 4.11. The van der Waals surface area contributed by atoms with Crippen LogP contribution in [0.25, 0.3) is 0 Å². The van der Waals surface area contributed by atoms with E-state index in [2.05, 4.69) is 20.4 Å². The number of carbonyl (C=O) groups excluding carboxylic acids is 1. The predicted molar refractivity (Wildman–Crippen MR) is 65.7 cm³/mol. The molecule has 2 N–H and O–H groups in total. The molecule has 0 amide bonds. The Labute approximate surface area is 106 Å². The topological polar surface area (TPSA) is 72.5 Å². The van der Waals surface area contributed by atoms with Crippen molar-refractivity contribution in [2.75, 3.05) is 33.9 Å². The van der Waals surface area contributed by atoms with Crippen LogP contribution in [0.15, 0.2) is 12.1 Å². The third-order valence-electron chi connectivity index (χ3n) is 2.88. The molecule has 2 rings (SSSR count). The summed E-state index contributed by atoms with van der Waals surface area (Å²) in [5, 5.41) is 6.64. The maximum Gasteiger partial charge on any atom is 0.343 e. The maximum absolute atomic E-state index is 11.5. The van der Waals surface area contributed by atoms with E-state index in [1.54, 1.807) is 6.07 Å². The first-order valence-corrected chi connectivity index (χ1v) is 5.83. The highest BCUT2D eigenvalue weighted by Crippen LogP contribution is 2.20. The molecule has 1 atom stereocenters. The molecule has 1 aliphatic rings. The summed E-state index contributed by atoms with van der Waals surface area (Å²) in [5.74, 6) is -0.146. The lowest BCUT2D eigenvalue weighted by atomic mass is 10.1. The van der Waals surface area contributed by atoms with Gasteiger partial charge in [-0.25, -0.2) is 9.78 Å². The van der Waals surface area contributed by atoms with Gasteiger partial charge in [0.05, 0.1) is 26.0 Å². The van der Waals surface area contributed by atoms with Crippen LogP contribution in [0.2, 0.25) is 0 Å². The third kappa shape index (κ3) is 2.60. The van der Waals surface area contributed by atoms with Gasteiger partial charge in [0.2, 0.25) is 5.88 Å². The summed E-state index contributed by atoms with van der Waals surface area (Å²) in [7, 11) is 2.83. The maximum atomic E-state index is 11.5. The number of esters is 1. The van der Waals surface area contributed by atoms with Crippen LogP contribution in [-0.4, -0.2) is 44.8 Å². The SMILES string of the molecule is COC(=O)c1ccc(C2CNCCN2)nc1OC. The Morgan fingerprint density at radius 2 is 2.22 bits per heavy atom. The zero-order valence-electron chi connectivity index (χ0n) is 10.5. The van der Waals surface area contributed by atoms with Gasteiger partial charge in [0.25, 0.3) is 0 Å². The lowest BCUT2D eigenvalue weighted by molar-refractivity contribution is 0.0596. The summed E-state index contributed by atoms with van der Waals surface area (Å²) in [6.07, 6.45) is 0. The largest absolute Gasteiger partial charge is 0.480 e. The van der Waals surface area contributed by atoms with Crippen molar-refractivity contribution in [1.82, 2.24) is 15.6 Å². The second-order valence-corrected chi connectivity index (χ2v) is 4.00. The van der Waals surface area contributed by atoms with Crippen LogP contribution in [0, 0.1) is 0 Å². The molecule has 1 aromatic rings. The van der Waals surface area contributed by atoms with E-state index < -0.39 is 5.97 Å². The van der Waals surface area contributed by atoms with Gasteiger partial charge in [-0.15, -0.1) is 0 Å². The van der Waals surface area contributed by atoms with Crippen molar-refractivity contribution in [2.24, 2.45) is 0 Å². The Morgan fingerprint density at radius 1 is 1.39 bits per heavy atom. The van der Waals surface area contributed by atoms with Crippen molar-refractivity contribution in [3.63, 3.8) is 0 Å². The van der Waals surface area contributed by atoms with Crippen molar-refractivity contribution in [1.29, 1.82) is 0 Å². The molecule has 1 saturated heterocycles. The van der Waals surface area contributed by atoms with Gasteiger partial charge in [-0.3, -0.25) is 0 Å². The Morgan fingerprint density at radius 3 is 2.83 bits per heavy atom. The van der Waals surface area contributed by atoms with Gasteiger partial charge in [0, 0.05) is 19.6 Å². The third-order valence-corrected chi connectivity index (χ3v) is 2.88. The first-order chi connectivity index (χ1) is 8.76. The number of pyridine rings is 1. The minimum atomic E-state index is -0.444. The zero-order chi connectivity index (χ0) is 13.0. The van der Waals surface area contributed by atoms with E-state index in [0.717, 1.165) is 25.3 Å². The number of nitrogens with one attached hydrogen (secondary N) is 2. The van der Waals surface area contributed by atoms with E-state index in [1.165, 1.54) is 14.2 Å². The van der Waals surface area contributed by atoms with Crippen molar-refractivity contribution in [2.45, 2.75) is 6.04 Å². The molecule has 1 unspecified atom stereocenters. The molecular formula is C12H17N3O3. The number of rotatable bonds is 3. The fourth-order valence-electron chi connectivity index (χ4n) is 1.93. The molecule has 0 radical (unpaired) electrons. The van der Waals surface area contributed by atoms with Crippen LogP contribution in [0.3, 0.4) is 0 Å². The van der Waals surface area contributed by atoms with Gasteiger partial charge in [0.15, 0.2) is 0 Å². The fraction of sp³-hybridized carbons (Fsp3) is 0.500. The number of hydrogen-bond donors (Lipinski definition) is 2. The zero-order valence-corrected chi connectivity index (χ0v) is 10.5. The number of nitrogens with zero attached hydrogens (tertiary/aromatic N) is 1. The molecule has 1 fully saturated rings. The molecule has 0 aromatic carbocycles. The Hall–Kier alpha value is -1.66. The Balaban J connectivity index is 2.26. The number of piperazine rings is 1. The molecule has 0 saturated carbocycles. The minimum absolute atomic E-state index is 0.138. The van der Waals surface area contributed by atoms with Crippen molar-refractivity contribution < 1.29 is 14.3 Å². The first-order valence-electron chi connectivity index (χ1n) is 5.83. The normalized spacial score (nSPS) is 19.3. The monoisotopic (exact) mass is 251 g/mol. The average molecular weight is 251 g/mol. The summed E-state index contributed by atoms with van der Waals surface area (Å²) >= 11 is 0. The molecule has 6 heteroatoms. The highest BCUT2D eigenvalue weighted by Gasteiger charge is 2.20. The summed E-state index contributed by atoms with van der Waals surface area (Å²) in [6, 6.07) is 3.64. The average Bonchev–Trinajstić information content (AvgIpc) is 2.46. The van der Waals surface area contributed by atoms with E-state index in [1.807, 2.05) is 6.07 Å². The van der Waals surface area contributed by atoms with Crippen LogP contribution in [0.1, 0.15) is 22.1 Å².